The Kier molecular flexibility index (Phi) is 3.68. The summed E-state index contributed by atoms with van der Waals surface area (Å²) in [6, 6.07) is 4.26. The van der Waals surface area contributed by atoms with Crippen LogP contribution in [0, 0.1) is 5.82 Å². The van der Waals surface area contributed by atoms with Crippen LogP contribution in [0.1, 0.15) is 6.42 Å². The number of nitrogens with two attached hydrogens (primary N) is 1. The molecule has 0 bridgehead atoms. The van der Waals surface area contributed by atoms with E-state index in [0.717, 1.165) is 0 Å². The minimum Gasteiger partial charge on any atom is -0.492 e. The molecule has 1 aliphatic rings. The van der Waals surface area contributed by atoms with Gasteiger partial charge in [-0.3, -0.25) is 0 Å². The third kappa shape index (κ3) is 3.23. The van der Waals surface area contributed by atoms with E-state index in [0.29, 0.717) is 25.4 Å². The van der Waals surface area contributed by atoms with Crippen molar-refractivity contribution in [3.8, 4) is 5.75 Å². The van der Waals surface area contributed by atoms with E-state index in [-0.39, 0.29) is 22.9 Å². The van der Waals surface area contributed by atoms with Crippen molar-refractivity contribution in [2.75, 3.05) is 13.2 Å². The largest absolute Gasteiger partial charge is 0.492 e. The molecule has 0 fully saturated rings. The van der Waals surface area contributed by atoms with Gasteiger partial charge in [-0.1, -0.05) is 11.6 Å². The molecule has 92 valence electrons. The lowest BCUT2D eigenvalue weighted by atomic mass is 10.2. The minimum atomic E-state index is -0.385. The number of ether oxygens (including phenoxy) is 2. The van der Waals surface area contributed by atoms with E-state index in [1.54, 1.807) is 0 Å². The van der Waals surface area contributed by atoms with Crippen LogP contribution < -0.4 is 10.5 Å². The van der Waals surface area contributed by atoms with E-state index in [1.807, 2.05) is 0 Å². The van der Waals surface area contributed by atoms with E-state index < -0.39 is 0 Å². The number of halogens is 2. The number of aliphatic imine (C=N–C) groups is 1. The van der Waals surface area contributed by atoms with E-state index in [9.17, 15) is 4.39 Å². The molecule has 6 heteroatoms. The lowest BCUT2D eigenvalue weighted by molar-refractivity contribution is 0.263. The van der Waals surface area contributed by atoms with E-state index in [4.69, 9.17) is 26.8 Å². The van der Waals surface area contributed by atoms with Crippen LogP contribution in [0.4, 0.5) is 4.39 Å². The van der Waals surface area contributed by atoms with Crippen LogP contribution in [0.15, 0.2) is 23.2 Å². The maximum absolute atomic E-state index is 12.8. The maximum Gasteiger partial charge on any atom is 0.282 e. The van der Waals surface area contributed by atoms with Gasteiger partial charge in [0, 0.05) is 6.42 Å². The standard InChI is InChI=1S/C11H12ClFN2O2/c12-9-5-7(13)1-2-10(9)16-4-3-8-6-17-11(14)15-8/h1-2,5,8H,3-4,6H2,(H2,14,15). The zero-order valence-corrected chi connectivity index (χ0v) is 9.78. The molecule has 0 radical (unpaired) electrons. The van der Waals surface area contributed by atoms with Gasteiger partial charge in [-0.05, 0) is 18.2 Å². The molecule has 1 aromatic rings. The van der Waals surface area contributed by atoms with Crippen LogP contribution in [0.2, 0.25) is 5.02 Å². The summed E-state index contributed by atoms with van der Waals surface area (Å²) in [6.45, 7) is 0.905. The van der Waals surface area contributed by atoms with Crippen LogP contribution in [-0.2, 0) is 4.74 Å². The fourth-order valence-electron chi connectivity index (χ4n) is 1.48. The predicted molar refractivity (Wildman–Crippen MR) is 62.9 cm³/mol. The van der Waals surface area contributed by atoms with Crippen LogP contribution in [0.25, 0.3) is 0 Å². The van der Waals surface area contributed by atoms with Crippen molar-refractivity contribution in [2.45, 2.75) is 12.5 Å². The average molecular weight is 259 g/mol. The predicted octanol–water partition coefficient (Wildman–Crippen LogP) is 1.96. The molecular formula is C11H12ClFN2O2. The summed E-state index contributed by atoms with van der Waals surface area (Å²) in [4.78, 5) is 4.06. The highest BCUT2D eigenvalue weighted by molar-refractivity contribution is 6.32. The Morgan fingerprint density at radius 3 is 3.06 bits per heavy atom. The summed E-state index contributed by atoms with van der Waals surface area (Å²) in [6.07, 6.45) is 0.675. The molecule has 1 atom stereocenters. The summed E-state index contributed by atoms with van der Waals surface area (Å²) in [5, 5.41) is 0.260. The zero-order valence-electron chi connectivity index (χ0n) is 9.03. The molecule has 0 aliphatic carbocycles. The first-order chi connectivity index (χ1) is 8.15. The number of nitrogens with zero attached hydrogens (tertiary/aromatic N) is 1. The van der Waals surface area contributed by atoms with Gasteiger partial charge in [-0.25, -0.2) is 9.38 Å². The summed E-state index contributed by atoms with van der Waals surface area (Å²) in [5.41, 5.74) is 5.37. The van der Waals surface area contributed by atoms with Gasteiger partial charge >= 0.3 is 0 Å². The molecule has 1 unspecified atom stereocenters. The third-order valence-electron chi connectivity index (χ3n) is 2.34. The first-order valence-electron chi connectivity index (χ1n) is 5.19. The molecule has 1 aromatic carbocycles. The summed E-state index contributed by atoms with van der Waals surface area (Å²) in [7, 11) is 0. The second-order valence-electron chi connectivity index (χ2n) is 3.64. The van der Waals surface area contributed by atoms with Crippen molar-refractivity contribution >= 4 is 17.6 Å². The summed E-state index contributed by atoms with van der Waals surface area (Å²) >= 11 is 5.81. The fraction of sp³-hybridized carbons (Fsp3) is 0.364. The monoisotopic (exact) mass is 258 g/mol. The third-order valence-corrected chi connectivity index (χ3v) is 2.63. The SMILES string of the molecule is NC1=NC(CCOc2ccc(F)cc2Cl)CO1. The lowest BCUT2D eigenvalue weighted by Gasteiger charge is -2.09. The number of hydrogen-bond acceptors (Lipinski definition) is 4. The number of hydrogen-bond donors (Lipinski definition) is 1. The Morgan fingerprint density at radius 2 is 2.41 bits per heavy atom. The molecule has 0 aromatic heterocycles. The highest BCUT2D eigenvalue weighted by atomic mass is 35.5. The molecule has 1 heterocycles. The highest BCUT2D eigenvalue weighted by Crippen LogP contribution is 2.25. The molecule has 0 saturated heterocycles. The molecule has 1 aliphatic heterocycles. The van der Waals surface area contributed by atoms with Gasteiger partial charge in [0.05, 0.1) is 17.7 Å². The Balaban J connectivity index is 1.82. The summed E-state index contributed by atoms with van der Waals surface area (Å²) < 4.78 is 23.2. The van der Waals surface area contributed by atoms with Crippen molar-refractivity contribution in [3.63, 3.8) is 0 Å². The van der Waals surface area contributed by atoms with Gasteiger partial charge in [0.25, 0.3) is 6.02 Å². The van der Waals surface area contributed by atoms with Gasteiger partial charge in [0.15, 0.2) is 0 Å². The number of benzene rings is 1. The van der Waals surface area contributed by atoms with Gasteiger partial charge < -0.3 is 15.2 Å². The van der Waals surface area contributed by atoms with Crippen molar-refractivity contribution in [3.05, 3.63) is 29.0 Å². The first kappa shape index (κ1) is 12.0. The van der Waals surface area contributed by atoms with Gasteiger partial charge in [0.2, 0.25) is 0 Å². The van der Waals surface area contributed by atoms with Crippen LogP contribution >= 0.6 is 11.6 Å². The first-order valence-corrected chi connectivity index (χ1v) is 5.57. The molecule has 0 saturated carbocycles. The average Bonchev–Trinajstić information content (AvgIpc) is 2.68. The molecule has 2 N–H and O–H groups in total. The smallest absolute Gasteiger partial charge is 0.282 e. The van der Waals surface area contributed by atoms with Gasteiger partial charge in [-0.15, -0.1) is 0 Å². The second kappa shape index (κ2) is 5.23. The van der Waals surface area contributed by atoms with E-state index in [1.165, 1.54) is 18.2 Å². The van der Waals surface area contributed by atoms with Crippen LogP contribution in [-0.4, -0.2) is 25.3 Å². The van der Waals surface area contributed by atoms with Crippen LogP contribution in [0.3, 0.4) is 0 Å². The molecule has 0 spiro atoms. The quantitative estimate of drug-likeness (QED) is 0.898. The Bertz CT molecular complexity index is 439. The Hall–Kier alpha value is -1.49. The van der Waals surface area contributed by atoms with Crippen molar-refractivity contribution in [1.82, 2.24) is 0 Å². The maximum atomic E-state index is 12.8. The molecule has 17 heavy (non-hydrogen) atoms. The fourth-order valence-corrected chi connectivity index (χ4v) is 1.70. The van der Waals surface area contributed by atoms with Crippen molar-refractivity contribution < 1.29 is 13.9 Å². The topological polar surface area (TPSA) is 56.8 Å². The normalized spacial score (nSPS) is 18.7. The van der Waals surface area contributed by atoms with E-state index >= 15 is 0 Å². The Morgan fingerprint density at radius 1 is 1.59 bits per heavy atom. The minimum absolute atomic E-state index is 0.0224. The number of amidine groups is 1. The lowest BCUT2D eigenvalue weighted by Crippen LogP contribution is -2.12. The molecule has 0 amide bonds. The van der Waals surface area contributed by atoms with E-state index in [2.05, 4.69) is 4.99 Å². The Labute approximate surface area is 103 Å². The van der Waals surface area contributed by atoms with Crippen molar-refractivity contribution in [2.24, 2.45) is 10.7 Å². The zero-order chi connectivity index (χ0) is 12.3. The van der Waals surface area contributed by atoms with Crippen molar-refractivity contribution in [1.29, 1.82) is 0 Å². The van der Waals surface area contributed by atoms with Crippen LogP contribution in [0.5, 0.6) is 5.75 Å². The van der Waals surface area contributed by atoms with Gasteiger partial charge in [-0.2, -0.15) is 0 Å². The summed E-state index contributed by atoms with van der Waals surface area (Å²) in [5.74, 6) is 0.0767. The highest BCUT2D eigenvalue weighted by Gasteiger charge is 2.16. The molecule has 4 nitrogen and oxygen atoms in total. The number of rotatable bonds is 4. The molecular weight excluding hydrogens is 247 g/mol. The molecule has 2 rings (SSSR count). The van der Waals surface area contributed by atoms with Gasteiger partial charge in [0.1, 0.15) is 18.2 Å². The second-order valence-corrected chi connectivity index (χ2v) is 4.05.